The van der Waals surface area contributed by atoms with Crippen LogP contribution in [0, 0.1) is 6.92 Å². The van der Waals surface area contributed by atoms with Crippen LogP contribution in [0.25, 0.3) is 0 Å². The predicted octanol–water partition coefficient (Wildman–Crippen LogP) is 3.35. The number of halogens is 3. The molecule has 0 saturated heterocycles. The molecule has 0 amide bonds. The summed E-state index contributed by atoms with van der Waals surface area (Å²) in [5.41, 5.74) is -0.953. The lowest BCUT2D eigenvalue weighted by Gasteiger charge is -2.09. The maximum Gasteiger partial charge on any atom is 0.436 e. The maximum atomic E-state index is 12.6. The highest BCUT2D eigenvalue weighted by molar-refractivity contribution is 6.02. The fourth-order valence-corrected chi connectivity index (χ4v) is 1.10. The third-order valence-corrected chi connectivity index (χ3v) is 1.63. The molecule has 84 valence electrons. The zero-order valence-corrected chi connectivity index (χ0v) is 8.72. The van der Waals surface area contributed by atoms with Crippen LogP contribution < -0.4 is 0 Å². The number of hydrogen-bond acceptors (Lipinski definition) is 2. The van der Waals surface area contributed by atoms with Gasteiger partial charge in [0.1, 0.15) is 5.76 Å². The van der Waals surface area contributed by atoms with E-state index >= 15 is 0 Å². The van der Waals surface area contributed by atoms with Crippen LogP contribution in [-0.2, 0) is 0 Å². The molecule has 0 atom stereocenters. The van der Waals surface area contributed by atoms with Gasteiger partial charge in [0, 0.05) is 6.04 Å². The molecule has 0 bridgehead atoms. The topological polar surface area (TPSA) is 25.5 Å². The average molecular weight is 219 g/mol. The monoisotopic (exact) mass is 219 g/mol. The predicted molar refractivity (Wildman–Crippen MR) is 51.2 cm³/mol. The summed E-state index contributed by atoms with van der Waals surface area (Å²) in [5.74, 6) is 0.208. The highest BCUT2D eigenvalue weighted by atomic mass is 19.4. The number of furan rings is 1. The van der Waals surface area contributed by atoms with Gasteiger partial charge in [0.2, 0.25) is 0 Å². The van der Waals surface area contributed by atoms with E-state index in [1.807, 2.05) is 0 Å². The van der Waals surface area contributed by atoms with E-state index in [-0.39, 0.29) is 5.76 Å². The van der Waals surface area contributed by atoms with Crippen molar-refractivity contribution in [3.63, 3.8) is 0 Å². The molecule has 1 aromatic rings. The van der Waals surface area contributed by atoms with Crippen LogP contribution in [-0.4, -0.2) is 17.9 Å². The molecule has 1 heterocycles. The molecular weight excluding hydrogens is 207 g/mol. The smallest absolute Gasteiger partial charge is 0.436 e. The molecule has 0 saturated carbocycles. The van der Waals surface area contributed by atoms with Crippen LogP contribution >= 0.6 is 0 Å². The third kappa shape index (κ3) is 3.11. The lowest BCUT2D eigenvalue weighted by molar-refractivity contribution is -0.0592. The summed E-state index contributed by atoms with van der Waals surface area (Å²) in [5, 5.41) is 0. The molecule has 0 aromatic carbocycles. The quantitative estimate of drug-likeness (QED) is 0.700. The Bertz CT molecular complexity index is 363. The van der Waals surface area contributed by atoms with Gasteiger partial charge in [-0.15, -0.1) is 0 Å². The van der Waals surface area contributed by atoms with E-state index in [2.05, 4.69) is 4.99 Å². The lowest BCUT2D eigenvalue weighted by Crippen LogP contribution is -2.25. The second-order valence-corrected chi connectivity index (χ2v) is 3.48. The summed E-state index contributed by atoms with van der Waals surface area (Å²) in [7, 11) is 0. The number of aryl methyl sites for hydroxylation is 1. The Kier molecular flexibility index (Phi) is 3.21. The number of rotatable bonds is 2. The van der Waals surface area contributed by atoms with Gasteiger partial charge in [-0.25, -0.2) is 0 Å². The van der Waals surface area contributed by atoms with E-state index in [9.17, 15) is 13.2 Å². The summed E-state index contributed by atoms with van der Waals surface area (Å²) >= 11 is 0. The molecule has 5 heteroatoms. The molecule has 0 aliphatic carbocycles. The van der Waals surface area contributed by atoms with Gasteiger partial charge in [-0.05, 0) is 32.9 Å². The van der Waals surface area contributed by atoms with Gasteiger partial charge < -0.3 is 4.42 Å². The first kappa shape index (κ1) is 11.8. The van der Waals surface area contributed by atoms with Crippen LogP contribution in [0.2, 0.25) is 0 Å². The summed E-state index contributed by atoms with van der Waals surface area (Å²) in [6, 6.07) is 2.34. The first-order chi connectivity index (χ1) is 6.80. The van der Waals surface area contributed by atoms with Crippen molar-refractivity contribution in [2.75, 3.05) is 0 Å². The SMILES string of the molecule is Cc1ccc(C(=NC(C)C)C(F)(F)F)o1. The Labute approximate surface area is 85.8 Å². The molecule has 2 nitrogen and oxygen atoms in total. The summed E-state index contributed by atoms with van der Waals surface area (Å²) in [4.78, 5) is 3.53. The van der Waals surface area contributed by atoms with Crippen molar-refractivity contribution in [2.24, 2.45) is 4.99 Å². The van der Waals surface area contributed by atoms with Crippen LogP contribution in [0.15, 0.2) is 21.5 Å². The minimum Gasteiger partial charge on any atom is -0.460 e. The summed E-state index contributed by atoms with van der Waals surface area (Å²) in [6.45, 7) is 4.76. The molecule has 0 spiro atoms. The fourth-order valence-electron chi connectivity index (χ4n) is 1.10. The molecule has 1 aromatic heterocycles. The second kappa shape index (κ2) is 4.08. The second-order valence-electron chi connectivity index (χ2n) is 3.48. The van der Waals surface area contributed by atoms with E-state index in [4.69, 9.17) is 4.42 Å². The molecular formula is C10H12F3NO. The van der Waals surface area contributed by atoms with Gasteiger partial charge in [-0.3, -0.25) is 4.99 Å². The van der Waals surface area contributed by atoms with Crippen molar-refractivity contribution in [3.8, 4) is 0 Å². The van der Waals surface area contributed by atoms with Crippen LogP contribution in [0.5, 0.6) is 0 Å². The van der Waals surface area contributed by atoms with Crippen LogP contribution in [0.4, 0.5) is 13.2 Å². The largest absolute Gasteiger partial charge is 0.460 e. The molecule has 0 fully saturated rings. The van der Waals surface area contributed by atoms with Gasteiger partial charge in [0.15, 0.2) is 11.5 Å². The first-order valence-corrected chi connectivity index (χ1v) is 4.52. The number of nitrogens with zero attached hydrogens (tertiary/aromatic N) is 1. The zero-order chi connectivity index (χ0) is 11.6. The van der Waals surface area contributed by atoms with Crippen molar-refractivity contribution >= 4 is 5.71 Å². The third-order valence-electron chi connectivity index (χ3n) is 1.63. The highest BCUT2D eigenvalue weighted by Gasteiger charge is 2.38. The Hall–Kier alpha value is -1.26. The average Bonchev–Trinajstić information content (AvgIpc) is 2.45. The Morgan fingerprint density at radius 3 is 2.27 bits per heavy atom. The molecule has 1 rings (SSSR count). The summed E-state index contributed by atoms with van der Waals surface area (Å²) in [6.07, 6.45) is -4.48. The van der Waals surface area contributed by atoms with Gasteiger partial charge in [-0.2, -0.15) is 13.2 Å². The standard InChI is InChI=1S/C10H12F3NO/c1-6(2)14-9(10(11,12)13)8-5-4-7(3)15-8/h4-6H,1-3H3. The minimum atomic E-state index is -4.48. The molecule has 0 radical (unpaired) electrons. The van der Waals surface area contributed by atoms with E-state index in [0.717, 1.165) is 0 Å². The molecule has 0 unspecified atom stereocenters. The van der Waals surface area contributed by atoms with Crippen molar-refractivity contribution < 1.29 is 17.6 Å². The number of alkyl halides is 3. The normalized spacial score (nSPS) is 13.7. The van der Waals surface area contributed by atoms with Crippen LogP contribution in [0.3, 0.4) is 0 Å². The van der Waals surface area contributed by atoms with Gasteiger partial charge >= 0.3 is 6.18 Å². The van der Waals surface area contributed by atoms with Crippen molar-refractivity contribution in [1.82, 2.24) is 0 Å². The number of hydrogen-bond donors (Lipinski definition) is 0. The van der Waals surface area contributed by atoms with E-state index < -0.39 is 17.9 Å². The minimum absolute atomic E-state index is 0.228. The van der Waals surface area contributed by atoms with Gasteiger partial charge in [0.25, 0.3) is 0 Å². The fraction of sp³-hybridized carbons (Fsp3) is 0.500. The number of aliphatic imine (C=N–C) groups is 1. The maximum absolute atomic E-state index is 12.6. The van der Waals surface area contributed by atoms with Gasteiger partial charge in [-0.1, -0.05) is 0 Å². The van der Waals surface area contributed by atoms with Gasteiger partial charge in [0.05, 0.1) is 0 Å². The van der Waals surface area contributed by atoms with Crippen molar-refractivity contribution in [2.45, 2.75) is 33.0 Å². The highest BCUT2D eigenvalue weighted by Crippen LogP contribution is 2.24. The molecule has 0 aliphatic rings. The van der Waals surface area contributed by atoms with Crippen molar-refractivity contribution in [1.29, 1.82) is 0 Å². The Morgan fingerprint density at radius 1 is 1.33 bits per heavy atom. The molecule has 15 heavy (non-hydrogen) atoms. The molecule has 0 aliphatic heterocycles. The lowest BCUT2D eigenvalue weighted by atomic mass is 10.2. The van der Waals surface area contributed by atoms with Crippen LogP contribution in [0.1, 0.15) is 25.4 Å². The summed E-state index contributed by atoms with van der Waals surface area (Å²) < 4.78 is 42.7. The van der Waals surface area contributed by atoms with E-state index in [0.29, 0.717) is 5.76 Å². The van der Waals surface area contributed by atoms with E-state index in [1.54, 1.807) is 20.8 Å². The van der Waals surface area contributed by atoms with Crippen molar-refractivity contribution in [3.05, 3.63) is 23.7 Å². The molecule has 0 N–H and O–H groups in total. The first-order valence-electron chi connectivity index (χ1n) is 4.52. The Balaban J connectivity index is 3.13. The zero-order valence-electron chi connectivity index (χ0n) is 8.72. The van der Waals surface area contributed by atoms with E-state index in [1.165, 1.54) is 12.1 Å². The Morgan fingerprint density at radius 2 is 1.93 bits per heavy atom.